The van der Waals surface area contributed by atoms with Crippen LogP contribution in [0.3, 0.4) is 0 Å². The Kier molecular flexibility index (Phi) is 3.62. The molecule has 1 aromatic rings. The number of piperazine rings is 1. The van der Waals surface area contributed by atoms with Crippen molar-refractivity contribution < 1.29 is 0 Å². The van der Waals surface area contributed by atoms with Gasteiger partial charge in [-0.05, 0) is 51.2 Å². The third-order valence-electron chi connectivity index (χ3n) is 4.02. The van der Waals surface area contributed by atoms with Crippen LogP contribution in [0.1, 0.15) is 18.1 Å². The summed E-state index contributed by atoms with van der Waals surface area (Å²) >= 11 is 3.59. The number of hydrogen-bond acceptors (Lipinski definition) is 2. The fourth-order valence-electron chi connectivity index (χ4n) is 2.76. The maximum Gasteiger partial charge on any atom is 0.0560 e. The SMILES string of the molecule is Cc1ccc(Br)cc1C1(C)CN(C)CCN1C. The van der Waals surface area contributed by atoms with E-state index in [0.29, 0.717) is 0 Å². The Morgan fingerprint density at radius 2 is 1.94 bits per heavy atom. The van der Waals surface area contributed by atoms with Gasteiger partial charge in [-0.25, -0.2) is 0 Å². The molecule has 0 spiro atoms. The van der Waals surface area contributed by atoms with Gasteiger partial charge >= 0.3 is 0 Å². The Balaban J connectivity index is 2.45. The lowest BCUT2D eigenvalue weighted by Gasteiger charge is -2.47. The summed E-state index contributed by atoms with van der Waals surface area (Å²) in [7, 11) is 4.44. The number of rotatable bonds is 1. The van der Waals surface area contributed by atoms with E-state index in [9.17, 15) is 0 Å². The molecule has 1 aliphatic rings. The van der Waals surface area contributed by atoms with Crippen LogP contribution in [0, 0.1) is 6.92 Å². The molecule has 0 bridgehead atoms. The summed E-state index contributed by atoms with van der Waals surface area (Å²) in [5.41, 5.74) is 2.92. The third-order valence-corrected chi connectivity index (χ3v) is 4.51. The maximum absolute atomic E-state index is 3.59. The molecule has 0 N–H and O–H groups in total. The lowest BCUT2D eigenvalue weighted by Crippen LogP contribution is -2.56. The average molecular weight is 297 g/mol. The van der Waals surface area contributed by atoms with E-state index in [1.165, 1.54) is 15.6 Å². The van der Waals surface area contributed by atoms with Crippen LogP contribution in [0.15, 0.2) is 22.7 Å². The predicted molar refractivity (Wildman–Crippen MR) is 76.4 cm³/mol. The van der Waals surface area contributed by atoms with Crippen LogP contribution in [-0.2, 0) is 5.54 Å². The molecule has 17 heavy (non-hydrogen) atoms. The summed E-state index contributed by atoms with van der Waals surface area (Å²) in [5, 5.41) is 0. The highest BCUT2D eigenvalue weighted by Gasteiger charge is 2.36. The molecule has 0 saturated carbocycles. The van der Waals surface area contributed by atoms with Crippen LogP contribution in [0.5, 0.6) is 0 Å². The molecule has 2 nitrogen and oxygen atoms in total. The summed E-state index contributed by atoms with van der Waals surface area (Å²) < 4.78 is 1.17. The summed E-state index contributed by atoms with van der Waals surface area (Å²) in [6.45, 7) is 7.91. The van der Waals surface area contributed by atoms with Crippen molar-refractivity contribution in [3.05, 3.63) is 33.8 Å². The number of nitrogens with zero attached hydrogens (tertiary/aromatic N) is 2. The van der Waals surface area contributed by atoms with Crippen LogP contribution in [0.25, 0.3) is 0 Å². The highest BCUT2D eigenvalue weighted by atomic mass is 79.9. The fourth-order valence-corrected chi connectivity index (χ4v) is 3.12. The van der Waals surface area contributed by atoms with Crippen molar-refractivity contribution in [1.29, 1.82) is 0 Å². The van der Waals surface area contributed by atoms with Gasteiger partial charge in [0.2, 0.25) is 0 Å². The first-order chi connectivity index (χ1) is 7.93. The smallest absolute Gasteiger partial charge is 0.0560 e. The van der Waals surface area contributed by atoms with Crippen molar-refractivity contribution in [2.45, 2.75) is 19.4 Å². The first-order valence-electron chi connectivity index (χ1n) is 6.10. The molecule has 1 saturated heterocycles. The van der Waals surface area contributed by atoms with E-state index in [1.807, 2.05) is 0 Å². The minimum atomic E-state index is 0.112. The number of likely N-dealkylation sites (N-methyl/N-ethyl adjacent to an activating group) is 2. The standard InChI is InChI=1S/C14H21BrN2/c1-11-5-6-12(15)9-13(11)14(2)10-16(3)7-8-17(14)4/h5-6,9H,7-8,10H2,1-4H3. The first-order valence-corrected chi connectivity index (χ1v) is 6.89. The zero-order chi connectivity index (χ0) is 12.6. The minimum Gasteiger partial charge on any atom is -0.303 e. The molecule has 2 rings (SSSR count). The quantitative estimate of drug-likeness (QED) is 0.786. The fraction of sp³-hybridized carbons (Fsp3) is 0.571. The topological polar surface area (TPSA) is 6.48 Å². The second-order valence-corrected chi connectivity index (χ2v) is 6.31. The van der Waals surface area contributed by atoms with Gasteiger partial charge < -0.3 is 4.90 Å². The van der Waals surface area contributed by atoms with E-state index in [4.69, 9.17) is 0 Å². The molecule has 0 aliphatic carbocycles. The molecule has 1 atom stereocenters. The van der Waals surface area contributed by atoms with Gasteiger partial charge in [-0.1, -0.05) is 22.0 Å². The molecular formula is C14H21BrN2. The monoisotopic (exact) mass is 296 g/mol. The van der Waals surface area contributed by atoms with Crippen LogP contribution < -0.4 is 0 Å². The van der Waals surface area contributed by atoms with Crippen molar-refractivity contribution in [2.75, 3.05) is 33.7 Å². The maximum atomic E-state index is 3.59. The molecule has 1 unspecified atom stereocenters. The zero-order valence-corrected chi connectivity index (χ0v) is 12.7. The molecular weight excluding hydrogens is 276 g/mol. The average Bonchev–Trinajstić information content (AvgIpc) is 2.27. The Morgan fingerprint density at radius 1 is 1.24 bits per heavy atom. The summed E-state index contributed by atoms with van der Waals surface area (Å²) in [6, 6.07) is 6.59. The summed E-state index contributed by atoms with van der Waals surface area (Å²) in [6.07, 6.45) is 0. The molecule has 0 amide bonds. The lowest BCUT2D eigenvalue weighted by atomic mass is 9.85. The van der Waals surface area contributed by atoms with Gasteiger partial charge in [0.1, 0.15) is 0 Å². The van der Waals surface area contributed by atoms with E-state index >= 15 is 0 Å². The van der Waals surface area contributed by atoms with Crippen molar-refractivity contribution in [3.8, 4) is 0 Å². The Bertz CT molecular complexity index is 419. The van der Waals surface area contributed by atoms with Gasteiger partial charge in [0.25, 0.3) is 0 Å². The summed E-state index contributed by atoms with van der Waals surface area (Å²) in [5.74, 6) is 0. The normalized spacial score (nSPS) is 27.4. The van der Waals surface area contributed by atoms with Gasteiger partial charge in [-0.15, -0.1) is 0 Å². The molecule has 1 heterocycles. The molecule has 1 fully saturated rings. The molecule has 1 aliphatic heterocycles. The van der Waals surface area contributed by atoms with Crippen LogP contribution in [0.4, 0.5) is 0 Å². The lowest BCUT2D eigenvalue weighted by molar-refractivity contribution is 0.0375. The van der Waals surface area contributed by atoms with Gasteiger partial charge in [-0.2, -0.15) is 0 Å². The molecule has 94 valence electrons. The second-order valence-electron chi connectivity index (χ2n) is 5.39. The summed E-state index contributed by atoms with van der Waals surface area (Å²) in [4.78, 5) is 4.89. The van der Waals surface area contributed by atoms with Crippen LogP contribution in [-0.4, -0.2) is 43.5 Å². The van der Waals surface area contributed by atoms with E-state index in [0.717, 1.165) is 19.6 Å². The Labute approximate surface area is 113 Å². The van der Waals surface area contributed by atoms with Crippen LogP contribution >= 0.6 is 15.9 Å². The van der Waals surface area contributed by atoms with Crippen molar-refractivity contribution >= 4 is 15.9 Å². The van der Waals surface area contributed by atoms with Gasteiger partial charge in [-0.3, -0.25) is 4.90 Å². The largest absolute Gasteiger partial charge is 0.303 e. The molecule has 1 aromatic carbocycles. The molecule has 0 radical (unpaired) electrons. The number of aryl methyl sites for hydroxylation is 1. The van der Waals surface area contributed by atoms with E-state index in [2.05, 4.69) is 71.9 Å². The highest BCUT2D eigenvalue weighted by Crippen LogP contribution is 2.34. The van der Waals surface area contributed by atoms with Gasteiger partial charge in [0.05, 0.1) is 5.54 Å². The minimum absolute atomic E-state index is 0.112. The highest BCUT2D eigenvalue weighted by molar-refractivity contribution is 9.10. The zero-order valence-electron chi connectivity index (χ0n) is 11.1. The van der Waals surface area contributed by atoms with Crippen molar-refractivity contribution in [2.24, 2.45) is 0 Å². The first kappa shape index (κ1) is 13.1. The van der Waals surface area contributed by atoms with Crippen LogP contribution in [0.2, 0.25) is 0 Å². The van der Waals surface area contributed by atoms with Gasteiger partial charge in [0.15, 0.2) is 0 Å². The van der Waals surface area contributed by atoms with E-state index in [-0.39, 0.29) is 5.54 Å². The van der Waals surface area contributed by atoms with E-state index < -0.39 is 0 Å². The Morgan fingerprint density at radius 3 is 2.65 bits per heavy atom. The number of benzene rings is 1. The number of hydrogen-bond donors (Lipinski definition) is 0. The number of halogens is 1. The van der Waals surface area contributed by atoms with Crippen molar-refractivity contribution in [3.63, 3.8) is 0 Å². The predicted octanol–water partition coefficient (Wildman–Crippen LogP) is 2.85. The molecule has 0 aromatic heterocycles. The van der Waals surface area contributed by atoms with Crippen molar-refractivity contribution in [1.82, 2.24) is 9.80 Å². The molecule has 3 heteroatoms. The second kappa shape index (κ2) is 4.71. The third kappa shape index (κ3) is 2.42. The van der Waals surface area contributed by atoms with Gasteiger partial charge in [0, 0.05) is 24.1 Å². The van der Waals surface area contributed by atoms with E-state index in [1.54, 1.807) is 0 Å². The Hall–Kier alpha value is -0.380.